The Morgan fingerprint density at radius 1 is 1.13 bits per heavy atom. The average Bonchev–Trinajstić information content (AvgIpc) is 2.46. The molecule has 0 unspecified atom stereocenters. The molecule has 1 aromatic rings. The number of carbonyl (C=O) groups is 2. The first-order valence-corrected chi connectivity index (χ1v) is 7.96. The second-order valence-corrected chi connectivity index (χ2v) is 6.89. The molecule has 23 heavy (non-hydrogen) atoms. The van der Waals surface area contributed by atoms with E-state index in [0.29, 0.717) is 19.6 Å². The summed E-state index contributed by atoms with van der Waals surface area (Å²) >= 11 is 0. The number of hydrogen-bond donors (Lipinski definition) is 0. The lowest BCUT2D eigenvalue weighted by atomic mass is 10.2. The molecule has 0 bridgehead atoms. The number of nitrogens with zero attached hydrogens (tertiary/aromatic N) is 3. The molecule has 0 atom stereocenters. The molecule has 6 nitrogen and oxygen atoms in total. The van der Waals surface area contributed by atoms with E-state index in [4.69, 9.17) is 4.74 Å². The summed E-state index contributed by atoms with van der Waals surface area (Å²) < 4.78 is 7.27. The summed E-state index contributed by atoms with van der Waals surface area (Å²) in [7, 11) is 0. The molecule has 1 aliphatic heterocycles. The lowest BCUT2D eigenvalue weighted by Crippen LogP contribution is -2.50. The van der Waals surface area contributed by atoms with Crippen molar-refractivity contribution >= 4 is 17.6 Å². The maximum absolute atomic E-state index is 12.1. The van der Waals surface area contributed by atoms with Gasteiger partial charge in [0.2, 0.25) is 6.54 Å². The highest BCUT2D eigenvalue weighted by Crippen LogP contribution is 2.16. The van der Waals surface area contributed by atoms with E-state index in [1.54, 1.807) is 11.8 Å². The van der Waals surface area contributed by atoms with Crippen LogP contribution in [0.5, 0.6) is 0 Å². The van der Waals surface area contributed by atoms with Crippen LogP contribution in [0.4, 0.5) is 10.5 Å². The van der Waals surface area contributed by atoms with E-state index in [9.17, 15) is 9.59 Å². The van der Waals surface area contributed by atoms with Crippen molar-refractivity contribution in [2.45, 2.75) is 39.8 Å². The Morgan fingerprint density at radius 3 is 2.17 bits per heavy atom. The molecule has 2 heterocycles. The zero-order valence-electron chi connectivity index (χ0n) is 14.4. The van der Waals surface area contributed by atoms with E-state index < -0.39 is 5.60 Å². The predicted molar refractivity (Wildman–Crippen MR) is 87.3 cm³/mol. The van der Waals surface area contributed by atoms with Crippen LogP contribution in [0.15, 0.2) is 24.5 Å². The average molecular weight is 320 g/mol. The third kappa shape index (κ3) is 5.23. The van der Waals surface area contributed by atoms with E-state index in [1.807, 2.05) is 49.9 Å². The van der Waals surface area contributed by atoms with Gasteiger partial charge in [0.1, 0.15) is 5.60 Å². The Kier molecular flexibility index (Phi) is 5.23. The maximum atomic E-state index is 12.1. The minimum Gasteiger partial charge on any atom is -0.444 e. The van der Waals surface area contributed by atoms with Crippen molar-refractivity contribution in [3.63, 3.8) is 0 Å². The lowest BCUT2D eigenvalue weighted by molar-refractivity contribution is -0.684. The second-order valence-electron chi connectivity index (χ2n) is 6.89. The van der Waals surface area contributed by atoms with Crippen molar-refractivity contribution in [2.75, 3.05) is 31.1 Å². The smallest absolute Gasteiger partial charge is 0.410 e. The topological polar surface area (TPSA) is 53.7 Å². The number of ether oxygens (including phenoxy) is 1. The molecule has 2 rings (SSSR count). The number of ketones is 1. The quantitative estimate of drug-likeness (QED) is 0.794. The van der Waals surface area contributed by atoms with Gasteiger partial charge in [-0.15, -0.1) is 0 Å². The molecule has 0 N–H and O–H groups in total. The summed E-state index contributed by atoms with van der Waals surface area (Å²) in [5.74, 6) is 0.133. The lowest BCUT2D eigenvalue weighted by Gasteiger charge is -2.36. The first kappa shape index (κ1) is 17.2. The number of amides is 1. The minimum absolute atomic E-state index is 0.133. The number of anilines is 1. The van der Waals surface area contributed by atoms with Crippen molar-refractivity contribution in [3.05, 3.63) is 24.5 Å². The summed E-state index contributed by atoms with van der Waals surface area (Å²) in [6.07, 6.45) is 3.58. The van der Waals surface area contributed by atoms with E-state index in [-0.39, 0.29) is 11.9 Å². The van der Waals surface area contributed by atoms with Gasteiger partial charge in [-0.1, -0.05) is 0 Å². The summed E-state index contributed by atoms with van der Waals surface area (Å²) in [5, 5.41) is 0. The van der Waals surface area contributed by atoms with E-state index in [2.05, 4.69) is 4.90 Å². The summed E-state index contributed by atoms with van der Waals surface area (Å²) in [6, 6.07) is 4.01. The molecule has 0 spiro atoms. The van der Waals surface area contributed by atoms with Crippen molar-refractivity contribution in [1.82, 2.24) is 4.90 Å². The molecule has 0 radical (unpaired) electrons. The highest BCUT2D eigenvalue weighted by molar-refractivity contribution is 5.73. The van der Waals surface area contributed by atoms with Crippen LogP contribution in [0.25, 0.3) is 0 Å². The highest BCUT2D eigenvalue weighted by Gasteiger charge is 2.26. The van der Waals surface area contributed by atoms with Gasteiger partial charge in [-0.25, -0.2) is 4.79 Å². The van der Waals surface area contributed by atoms with Crippen LogP contribution in [0.3, 0.4) is 0 Å². The zero-order chi connectivity index (χ0) is 17.0. The molecule has 1 aliphatic rings. The first-order chi connectivity index (χ1) is 10.7. The molecule has 0 aliphatic carbocycles. The van der Waals surface area contributed by atoms with Gasteiger partial charge in [0.25, 0.3) is 0 Å². The second kappa shape index (κ2) is 6.98. The van der Waals surface area contributed by atoms with E-state index in [0.717, 1.165) is 18.8 Å². The number of carbonyl (C=O) groups excluding carboxylic acids is 2. The Bertz CT molecular complexity index is 555. The molecule has 1 saturated heterocycles. The van der Waals surface area contributed by atoms with Gasteiger partial charge < -0.3 is 14.5 Å². The molecule has 6 heteroatoms. The number of Topliss-reactive ketones (excluding diaryl/α,β-unsaturated/α-hetero) is 1. The van der Waals surface area contributed by atoms with Gasteiger partial charge in [0.15, 0.2) is 18.2 Å². The Labute approximate surface area is 137 Å². The third-order valence-electron chi connectivity index (χ3n) is 3.58. The number of pyridine rings is 1. The van der Waals surface area contributed by atoms with E-state index >= 15 is 0 Å². The normalized spacial score (nSPS) is 15.5. The fraction of sp³-hybridized carbons (Fsp3) is 0.588. The number of aromatic nitrogens is 1. The predicted octanol–water partition coefficient (Wildman–Crippen LogP) is 1.62. The summed E-state index contributed by atoms with van der Waals surface area (Å²) in [6.45, 7) is 10.5. The molecule has 126 valence electrons. The van der Waals surface area contributed by atoms with Crippen molar-refractivity contribution in [1.29, 1.82) is 0 Å². The van der Waals surface area contributed by atoms with Crippen LogP contribution in [-0.4, -0.2) is 48.6 Å². The monoisotopic (exact) mass is 320 g/mol. The van der Waals surface area contributed by atoms with Gasteiger partial charge in [0, 0.05) is 50.9 Å². The molecule has 0 saturated carbocycles. The molecule has 0 aromatic carbocycles. The Hall–Kier alpha value is -2.11. The van der Waals surface area contributed by atoms with Crippen LogP contribution in [0.1, 0.15) is 27.7 Å². The summed E-state index contributed by atoms with van der Waals surface area (Å²) in [4.78, 5) is 27.2. The number of hydrogen-bond acceptors (Lipinski definition) is 4. The van der Waals surface area contributed by atoms with Crippen molar-refractivity contribution in [3.8, 4) is 0 Å². The molecular weight excluding hydrogens is 294 g/mol. The van der Waals surface area contributed by atoms with Gasteiger partial charge in [0.05, 0.1) is 0 Å². The summed E-state index contributed by atoms with van der Waals surface area (Å²) in [5.41, 5.74) is 0.645. The van der Waals surface area contributed by atoms with Crippen LogP contribution >= 0.6 is 0 Å². The van der Waals surface area contributed by atoms with Crippen LogP contribution in [0, 0.1) is 0 Å². The molecular formula is C17H26N3O3+. The zero-order valence-corrected chi connectivity index (χ0v) is 14.4. The minimum atomic E-state index is -0.460. The molecule has 1 aromatic heterocycles. The maximum Gasteiger partial charge on any atom is 0.410 e. The van der Waals surface area contributed by atoms with Gasteiger partial charge >= 0.3 is 6.09 Å². The van der Waals surface area contributed by atoms with Gasteiger partial charge in [-0.05, 0) is 20.8 Å². The van der Waals surface area contributed by atoms with Crippen LogP contribution in [-0.2, 0) is 16.1 Å². The third-order valence-corrected chi connectivity index (χ3v) is 3.58. The molecule has 1 fully saturated rings. The number of rotatable bonds is 3. The Balaban J connectivity index is 1.89. The van der Waals surface area contributed by atoms with Crippen molar-refractivity contribution < 1.29 is 18.9 Å². The Morgan fingerprint density at radius 2 is 1.70 bits per heavy atom. The highest BCUT2D eigenvalue weighted by atomic mass is 16.6. The first-order valence-electron chi connectivity index (χ1n) is 7.96. The van der Waals surface area contributed by atoms with Crippen LogP contribution in [0.2, 0.25) is 0 Å². The van der Waals surface area contributed by atoms with E-state index in [1.165, 1.54) is 0 Å². The van der Waals surface area contributed by atoms with Gasteiger partial charge in [-0.2, -0.15) is 4.57 Å². The van der Waals surface area contributed by atoms with Gasteiger partial charge in [-0.3, -0.25) is 4.79 Å². The fourth-order valence-electron chi connectivity index (χ4n) is 2.50. The number of piperazine rings is 1. The molecule has 1 amide bonds. The van der Waals surface area contributed by atoms with Crippen molar-refractivity contribution in [2.24, 2.45) is 0 Å². The fourth-order valence-corrected chi connectivity index (χ4v) is 2.50. The SMILES string of the molecule is CC(=O)C[n+]1ccc(N2CCN(C(=O)OC(C)(C)C)CC2)cc1. The largest absolute Gasteiger partial charge is 0.444 e. The van der Waals surface area contributed by atoms with Crippen LogP contribution < -0.4 is 9.47 Å². The standard InChI is InChI=1S/C17H26N3O3/c1-14(21)13-18-7-5-15(6-8-18)19-9-11-20(12-10-19)16(22)23-17(2,3)4/h5-8H,9-13H2,1-4H3/q+1.